The van der Waals surface area contributed by atoms with Crippen molar-refractivity contribution < 1.29 is 19.5 Å². The second-order valence-electron chi connectivity index (χ2n) is 2.06. The fourth-order valence-electron chi connectivity index (χ4n) is 0.710. The fourth-order valence-corrected chi connectivity index (χ4v) is 1.37. The zero-order valence-corrected chi connectivity index (χ0v) is 7.11. The molecule has 0 aliphatic heterocycles. The molecular weight excluding hydrogens is 192 g/mol. The molecule has 1 rings (SSSR count). The van der Waals surface area contributed by atoms with Gasteiger partial charge in [-0.15, -0.1) is 11.3 Å². The van der Waals surface area contributed by atoms with Gasteiger partial charge in [-0.1, -0.05) is 6.07 Å². The SMILES string of the molecule is [N-]=[N+]=C(C(=O)O)C(=O)c1cccs1. The smallest absolute Gasteiger partial charge is 0.447 e. The van der Waals surface area contributed by atoms with Crippen LogP contribution in [-0.4, -0.2) is 27.4 Å². The second kappa shape index (κ2) is 3.75. The third-order valence-electron chi connectivity index (χ3n) is 1.26. The number of aliphatic carboxylic acids is 1. The van der Waals surface area contributed by atoms with Crippen LogP contribution in [0.1, 0.15) is 9.67 Å². The van der Waals surface area contributed by atoms with E-state index in [0.717, 1.165) is 11.3 Å². The van der Waals surface area contributed by atoms with Crippen LogP contribution in [0.25, 0.3) is 5.53 Å². The first-order valence-corrected chi connectivity index (χ1v) is 4.08. The van der Waals surface area contributed by atoms with Crippen LogP contribution in [-0.2, 0) is 4.79 Å². The van der Waals surface area contributed by atoms with Gasteiger partial charge < -0.3 is 10.6 Å². The van der Waals surface area contributed by atoms with Crippen LogP contribution in [0.2, 0.25) is 0 Å². The van der Waals surface area contributed by atoms with Gasteiger partial charge in [0.15, 0.2) is 0 Å². The van der Waals surface area contributed by atoms with Gasteiger partial charge in [0.25, 0.3) is 5.78 Å². The summed E-state index contributed by atoms with van der Waals surface area (Å²) in [5.41, 5.74) is 7.38. The van der Waals surface area contributed by atoms with Gasteiger partial charge in [-0.05, 0) is 11.4 Å². The van der Waals surface area contributed by atoms with E-state index in [4.69, 9.17) is 10.6 Å². The van der Waals surface area contributed by atoms with Crippen molar-refractivity contribution >= 4 is 28.8 Å². The average Bonchev–Trinajstić information content (AvgIpc) is 2.56. The summed E-state index contributed by atoms with van der Waals surface area (Å²) >= 11 is 1.09. The van der Waals surface area contributed by atoms with Gasteiger partial charge in [0.05, 0.1) is 4.88 Å². The first-order valence-electron chi connectivity index (χ1n) is 3.20. The molecule has 0 radical (unpaired) electrons. The number of rotatable bonds is 3. The molecule has 0 unspecified atom stereocenters. The number of carbonyl (C=O) groups is 2. The fraction of sp³-hybridized carbons (Fsp3) is 0. The lowest BCUT2D eigenvalue weighted by Crippen LogP contribution is -2.24. The number of ketones is 1. The predicted octanol–water partition coefficient (Wildman–Crippen LogP) is 0.686. The molecule has 0 atom stereocenters. The van der Waals surface area contributed by atoms with E-state index in [9.17, 15) is 9.59 Å². The molecule has 66 valence electrons. The van der Waals surface area contributed by atoms with Gasteiger partial charge in [0.1, 0.15) is 0 Å². The molecule has 13 heavy (non-hydrogen) atoms. The maximum absolute atomic E-state index is 11.2. The molecule has 0 saturated heterocycles. The molecule has 6 heteroatoms. The van der Waals surface area contributed by atoms with Crippen molar-refractivity contribution in [3.63, 3.8) is 0 Å². The van der Waals surface area contributed by atoms with Crippen LogP contribution >= 0.6 is 11.3 Å². The first kappa shape index (κ1) is 9.31. The summed E-state index contributed by atoms with van der Waals surface area (Å²) in [6, 6.07) is 3.07. The summed E-state index contributed by atoms with van der Waals surface area (Å²) in [7, 11) is 0. The summed E-state index contributed by atoms with van der Waals surface area (Å²) in [6.07, 6.45) is 0. The molecule has 0 aliphatic carbocycles. The van der Waals surface area contributed by atoms with Gasteiger partial charge in [-0.2, -0.15) is 4.79 Å². The number of Topliss-reactive ketones (excluding diaryl/α,β-unsaturated/α-hetero) is 1. The minimum absolute atomic E-state index is 0.232. The van der Waals surface area contributed by atoms with Crippen molar-refractivity contribution in [2.24, 2.45) is 0 Å². The van der Waals surface area contributed by atoms with E-state index in [1.54, 1.807) is 11.4 Å². The molecule has 1 aromatic rings. The first-order chi connectivity index (χ1) is 6.16. The van der Waals surface area contributed by atoms with Crippen LogP contribution in [0, 0.1) is 0 Å². The van der Waals surface area contributed by atoms with Crippen molar-refractivity contribution in [1.29, 1.82) is 0 Å². The Morgan fingerprint density at radius 2 is 2.23 bits per heavy atom. The quantitative estimate of drug-likeness (QED) is 0.253. The van der Waals surface area contributed by atoms with E-state index in [2.05, 4.69) is 4.79 Å². The highest BCUT2D eigenvalue weighted by molar-refractivity contribution is 7.13. The van der Waals surface area contributed by atoms with Gasteiger partial charge in [0, 0.05) is 0 Å². The molecule has 0 aliphatic rings. The van der Waals surface area contributed by atoms with E-state index in [1.165, 1.54) is 6.07 Å². The molecular formula is C7H4N2O3S. The van der Waals surface area contributed by atoms with E-state index in [0.29, 0.717) is 0 Å². The monoisotopic (exact) mass is 196 g/mol. The van der Waals surface area contributed by atoms with Gasteiger partial charge in [0.2, 0.25) is 0 Å². The molecule has 0 saturated carbocycles. The minimum atomic E-state index is -1.54. The largest absolute Gasteiger partial charge is 0.472 e. The maximum atomic E-state index is 11.2. The zero-order valence-electron chi connectivity index (χ0n) is 6.30. The van der Waals surface area contributed by atoms with Crippen molar-refractivity contribution in [2.75, 3.05) is 0 Å². The standard InChI is InChI=1S/C7H4N2O3S/c8-9-5(7(11)12)6(10)4-2-1-3-13-4/h1-3H,(H,11,12). The highest BCUT2D eigenvalue weighted by Gasteiger charge is 2.30. The Morgan fingerprint density at radius 1 is 1.54 bits per heavy atom. The Kier molecular flexibility index (Phi) is 2.69. The Balaban J connectivity index is 3.04. The number of carboxylic acids is 1. The van der Waals surface area contributed by atoms with Gasteiger partial charge in [-0.25, -0.2) is 4.79 Å². The Labute approximate surface area is 76.9 Å². The van der Waals surface area contributed by atoms with Crippen LogP contribution in [0.4, 0.5) is 0 Å². The van der Waals surface area contributed by atoms with E-state index in [-0.39, 0.29) is 4.88 Å². The van der Waals surface area contributed by atoms with E-state index >= 15 is 0 Å². The molecule has 1 heterocycles. The second-order valence-corrected chi connectivity index (χ2v) is 3.01. The molecule has 5 nitrogen and oxygen atoms in total. The van der Waals surface area contributed by atoms with Crippen LogP contribution in [0.15, 0.2) is 17.5 Å². The lowest BCUT2D eigenvalue weighted by atomic mass is 10.2. The third kappa shape index (κ3) is 1.87. The third-order valence-corrected chi connectivity index (χ3v) is 2.13. The van der Waals surface area contributed by atoms with Gasteiger partial charge in [-0.3, -0.25) is 4.79 Å². The number of hydrogen-bond acceptors (Lipinski definition) is 3. The summed E-state index contributed by atoms with van der Waals surface area (Å²) < 4.78 is 0. The summed E-state index contributed by atoms with van der Waals surface area (Å²) in [5, 5.41) is 10.1. The molecule has 0 fully saturated rings. The summed E-state index contributed by atoms with van der Waals surface area (Å²) in [5.74, 6) is -2.33. The van der Waals surface area contributed by atoms with Crippen molar-refractivity contribution in [1.82, 2.24) is 0 Å². The Morgan fingerprint density at radius 3 is 2.62 bits per heavy atom. The highest BCUT2D eigenvalue weighted by Crippen LogP contribution is 2.09. The number of hydrogen-bond donors (Lipinski definition) is 1. The summed E-state index contributed by atoms with van der Waals surface area (Å²) in [6.45, 7) is 0. The highest BCUT2D eigenvalue weighted by atomic mass is 32.1. The number of nitrogens with zero attached hydrogens (tertiary/aromatic N) is 2. The van der Waals surface area contributed by atoms with Crippen LogP contribution in [0.3, 0.4) is 0 Å². The van der Waals surface area contributed by atoms with Gasteiger partial charge >= 0.3 is 11.7 Å². The van der Waals surface area contributed by atoms with Crippen molar-refractivity contribution in [3.05, 3.63) is 27.9 Å². The number of thiophene rings is 1. The lowest BCUT2D eigenvalue weighted by molar-refractivity contribution is -0.133. The molecule has 1 N–H and O–H groups in total. The van der Waals surface area contributed by atoms with E-state index < -0.39 is 17.5 Å². The minimum Gasteiger partial charge on any atom is -0.472 e. The van der Waals surface area contributed by atoms with E-state index in [1.807, 2.05) is 0 Å². The van der Waals surface area contributed by atoms with Crippen LogP contribution < -0.4 is 0 Å². The Bertz CT molecular complexity index is 390. The van der Waals surface area contributed by atoms with Crippen molar-refractivity contribution in [3.8, 4) is 0 Å². The summed E-state index contributed by atoms with van der Waals surface area (Å²) in [4.78, 5) is 24.2. The van der Waals surface area contributed by atoms with Crippen LogP contribution in [0.5, 0.6) is 0 Å². The average molecular weight is 196 g/mol. The topological polar surface area (TPSA) is 90.8 Å². The molecule has 0 amide bonds. The molecule has 0 spiro atoms. The number of carbonyl (C=O) groups excluding carboxylic acids is 1. The molecule has 1 aromatic heterocycles. The normalized spacial score (nSPS) is 8.92. The molecule has 0 aromatic carbocycles. The zero-order chi connectivity index (χ0) is 9.84. The number of carboxylic acid groups (broad SMARTS) is 1. The Hall–Kier alpha value is -1.78. The van der Waals surface area contributed by atoms with Crippen molar-refractivity contribution in [2.45, 2.75) is 0 Å². The maximum Gasteiger partial charge on any atom is 0.447 e. The molecule has 0 bridgehead atoms. The lowest BCUT2D eigenvalue weighted by Gasteiger charge is -1.85. The predicted molar refractivity (Wildman–Crippen MR) is 44.9 cm³/mol.